The van der Waals surface area contributed by atoms with Crippen molar-refractivity contribution >= 4 is 38.7 Å². The highest BCUT2D eigenvalue weighted by atomic mass is 79.9. The molecule has 0 radical (unpaired) electrons. The van der Waals surface area contributed by atoms with E-state index < -0.39 is 11.9 Å². The third-order valence-corrected chi connectivity index (χ3v) is 4.87. The molecule has 126 valence electrons. The van der Waals surface area contributed by atoms with Crippen LogP contribution in [0, 0.1) is 11.8 Å². The Morgan fingerprint density at radius 3 is 2.79 bits per heavy atom. The highest BCUT2D eigenvalue weighted by molar-refractivity contribution is 9.10. The first-order valence-electron chi connectivity index (χ1n) is 7.52. The van der Waals surface area contributed by atoms with Gasteiger partial charge in [0.15, 0.2) is 0 Å². The molecule has 0 unspecified atom stereocenters. The van der Waals surface area contributed by atoms with Crippen molar-refractivity contribution < 1.29 is 14.7 Å². The van der Waals surface area contributed by atoms with Gasteiger partial charge < -0.3 is 10.0 Å². The van der Waals surface area contributed by atoms with Crippen LogP contribution in [0.4, 0.5) is 0 Å². The third kappa shape index (κ3) is 3.06. The molecule has 1 amide bonds. The summed E-state index contributed by atoms with van der Waals surface area (Å²) in [6, 6.07) is 5.19. The normalized spacial score (nSPS) is 20.5. The van der Waals surface area contributed by atoms with E-state index in [0.717, 1.165) is 4.47 Å². The van der Waals surface area contributed by atoms with E-state index in [4.69, 9.17) is 5.11 Å². The summed E-state index contributed by atoms with van der Waals surface area (Å²) in [5.41, 5.74) is 0.268. The Kier molecular flexibility index (Phi) is 4.40. The summed E-state index contributed by atoms with van der Waals surface area (Å²) in [6.07, 6.45) is 1.35. The van der Waals surface area contributed by atoms with E-state index in [0.29, 0.717) is 17.4 Å². The summed E-state index contributed by atoms with van der Waals surface area (Å²) in [7, 11) is 0. The molecule has 2 heterocycles. The van der Waals surface area contributed by atoms with Crippen LogP contribution in [0.1, 0.15) is 6.92 Å². The Morgan fingerprint density at radius 1 is 1.38 bits per heavy atom. The molecule has 1 aromatic carbocycles. The number of carbonyl (C=O) groups excluding carboxylic acids is 1. The summed E-state index contributed by atoms with van der Waals surface area (Å²) in [6.45, 7) is 2.23. The van der Waals surface area contributed by atoms with Gasteiger partial charge in [-0.15, -0.1) is 0 Å². The molecular weight excluding hydrogens is 378 g/mol. The summed E-state index contributed by atoms with van der Waals surface area (Å²) < 4.78 is 2.02. The summed E-state index contributed by atoms with van der Waals surface area (Å²) >= 11 is 3.32. The molecule has 2 aromatic rings. The molecule has 3 rings (SSSR count). The number of benzene rings is 1. The smallest absolute Gasteiger partial charge is 0.308 e. The zero-order valence-corrected chi connectivity index (χ0v) is 14.6. The Morgan fingerprint density at radius 2 is 2.12 bits per heavy atom. The van der Waals surface area contributed by atoms with Gasteiger partial charge in [-0.05, 0) is 24.1 Å². The number of likely N-dealkylation sites (tertiary alicyclic amines) is 1. The van der Waals surface area contributed by atoms with E-state index >= 15 is 0 Å². The van der Waals surface area contributed by atoms with Gasteiger partial charge in [-0.2, -0.15) is 0 Å². The lowest BCUT2D eigenvalue weighted by atomic mass is 9.99. The van der Waals surface area contributed by atoms with E-state index in [-0.39, 0.29) is 30.5 Å². The quantitative estimate of drug-likeness (QED) is 0.848. The Labute approximate surface area is 146 Å². The zero-order chi connectivity index (χ0) is 17.4. The second-order valence-electron chi connectivity index (χ2n) is 6.06. The molecule has 1 fully saturated rings. The van der Waals surface area contributed by atoms with Crippen molar-refractivity contribution in [2.24, 2.45) is 11.8 Å². The van der Waals surface area contributed by atoms with Crippen molar-refractivity contribution in [2.75, 3.05) is 13.1 Å². The van der Waals surface area contributed by atoms with Crippen LogP contribution in [0.3, 0.4) is 0 Å². The number of aliphatic carboxylic acids is 1. The Balaban J connectivity index is 1.83. The van der Waals surface area contributed by atoms with Crippen molar-refractivity contribution in [3.8, 4) is 0 Å². The van der Waals surface area contributed by atoms with Crippen molar-refractivity contribution in [1.82, 2.24) is 14.5 Å². The average Bonchev–Trinajstić information content (AvgIpc) is 2.93. The minimum Gasteiger partial charge on any atom is -0.481 e. The van der Waals surface area contributed by atoms with Gasteiger partial charge in [-0.3, -0.25) is 19.0 Å². The monoisotopic (exact) mass is 393 g/mol. The molecule has 0 saturated carbocycles. The maximum absolute atomic E-state index is 12.5. The molecule has 8 heteroatoms. The molecule has 24 heavy (non-hydrogen) atoms. The fourth-order valence-corrected chi connectivity index (χ4v) is 3.34. The van der Waals surface area contributed by atoms with Crippen LogP contribution in [0.2, 0.25) is 0 Å². The van der Waals surface area contributed by atoms with Gasteiger partial charge in [0.1, 0.15) is 6.54 Å². The molecule has 7 nitrogen and oxygen atoms in total. The molecule has 1 aliphatic rings. The fraction of sp³-hybridized carbons (Fsp3) is 0.375. The topological polar surface area (TPSA) is 92.5 Å². The van der Waals surface area contributed by atoms with Crippen LogP contribution in [0.5, 0.6) is 0 Å². The van der Waals surface area contributed by atoms with Gasteiger partial charge in [-0.25, -0.2) is 4.98 Å². The molecule has 0 aliphatic carbocycles. The summed E-state index contributed by atoms with van der Waals surface area (Å²) in [4.78, 5) is 41.8. The number of fused-ring (bicyclic) bond motifs is 1. The number of carboxylic acid groups (broad SMARTS) is 1. The largest absolute Gasteiger partial charge is 0.481 e. The lowest BCUT2D eigenvalue weighted by Gasteiger charge is -2.16. The second-order valence-corrected chi connectivity index (χ2v) is 6.98. The van der Waals surface area contributed by atoms with Gasteiger partial charge in [0.05, 0.1) is 23.1 Å². The standard InChI is InChI=1S/C16H16BrN3O4/c1-9-5-19(6-12(9)16(23)24)14(21)7-20-8-18-13-3-2-10(17)4-11(13)15(20)22/h2-4,8-9,12H,5-7H2,1H3,(H,23,24)/t9-,12-/m1/s1. The highest BCUT2D eigenvalue weighted by Crippen LogP contribution is 2.23. The van der Waals surface area contributed by atoms with E-state index in [9.17, 15) is 14.4 Å². The number of carboxylic acids is 1. The lowest BCUT2D eigenvalue weighted by molar-refractivity contribution is -0.142. The molecule has 1 saturated heterocycles. The SMILES string of the molecule is C[C@@H]1CN(C(=O)Cn2cnc3ccc(Br)cc3c2=O)C[C@H]1C(=O)O. The maximum Gasteiger partial charge on any atom is 0.308 e. The number of hydrogen-bond donors (Lipinski definition) is 1. The number of aromatic nitrogens is 2. The number of amides is 1. The first kappa shape index (κ1) is 16.6. The van der Waals surface area contributed by atoms with Gasteiger partial charge >= 0.3 is 5.97 Å². The Bertz CT molecular complexity index is 879. The third-order valence-electron chi connectivity index (χ3n) is 4.37. The van der Waals surface area contributed by atoms with Crippen LogP contribution in [-0.2, 0) is 16.1 Å². The number of hydrogen-bond acceptors (Lipinski definition) is 4. The summed E-state index contributed by atoms with van der Waals surface area (Å²) in [5.74, 6) is -1.83. The van der Waals surface area contributed by atoms with Crippen molar-refractivity contribution in [3.63, 3.8) is 0 Å². The molecule has 0 spiro atoms. The maximum atomic E-state index is 12.5. The highest BCUT2D eigenvalue weighted by Gasteiger charge is 2.36. The van der Waals surface area contributed by atoms with E-state index in [1.54, 1.807) is 18.2 Å². The summed E-state index contributed by atoms with van der Waals surface area (Å²) in [5, 5.41) is 9.58. The van der Waals surface area contributed by atoms with Crippen LogP contribution in [0.25, 0.3) is 10.9 Å². The number of rotatable bonds is 3. The minimum absolute atomic E-state index is 0.103. The average molecular weight is 394 g/mol. The fourth-order valence-electron chi connectivity index (χ4n) is 2.98. The van der Waals surface area contributed by atoms with Gasteiger partial charge in [0.2, 0.25) is 5.91 Å². The van der Waals surface area contributed by atoms with Crippen molar-refractivity contribution in [2.45, 2.75) is 13.5 Å². The van der Waals surface area contributed by atoms with Crippen LogP contribution < -0.4 is 5.56 Å². The zero-order valence-electron chi connectivity index (χ0n) is 13.0. The van der Waals surface area contributed by atoms with Crippen LogP contribution in [-0.4, -0.2) is 44.5 Å². The predicted octanol–water partition coefficient (Wildman–Crippen LogP) is 1.34. The van der Waals surface area contributed by atoms with Gasteiger partial charge in [-0.1, -0.05) is 22.9 Å². The van der Waals surface area contributed by atoms with Crippen molar-refractivity contribution in [1.29, 1.82) is 0 Å². The van der Waals surface area contributed by atoms with Crippen LogP contribution >= 0.6 is 15.9 Å². The number of nitrogens with zero attached hydrogens (tertiary/aromatic N) is 3. The van der Waals surface area contributed by atoms with Crippen LogP contribution in [0.15, 0.2) is 33.8 Å². The first-order valence-corrected chi connectivity index (χ1v) is 8.31. The molecule has 1 aromatic heterocycles. The molecular formula is C16H16BrN3O4. The second kappa shape index (κ2) is 6.35. The van der Waals surface area contributed by atoms with E-state index in [1.165, 1.54) is 15.8 Å². The first-order chi connectivity index (χ1) is 11.4. The Hall–Kier alpha value is -2.22. The van der Waals surface area contributed by atoms with E-state index in [1.807, 2.05) is 6.92 Å². The molecule has 0 bridgehead atoms. The lowest BCUT2D eigenvalue weighted by Crippen LogP contribution is -2.35. The molecule has 1 aliphatic heterocycles. The number of halogens is 1. The molecule has 1 N–H and O–H groups in total. The van der Waals surface area contributed by atoms with Crippen molar-refractivity contribution in [3.05, 3.63) is 39.4 Å². The van der Waals surface area contributed by atoms with Gasteiger partial charge in [0, 0.05) is 17.6 Å². The predicted molar refractivity (Wildman–Crippen MR) is 90.6 cm³/mol. The molecule has 2 atom stereocenters. The number of carbonyl (C=O) groups is 2. The minimum atomic E-state index is -0.896. The van der Waals surface area contributed by atoms with E-state index in [2.05, 4.69) is 20.9 Å². The van der Waals surface area contributed by atoms with Gasteiger partial charge in [0.25, 0.3) is 5.56 Å².